The second-order valence-electron chi connectivity index (χ2n) is 7.64. The van der Waals surface area contributed by atoms with Gasteiger partial charge in [0.05, 0.1) is 0 Å². The molecule has 2 aliphatic rings. The Kier molecular flexibility index (Phi) is 5.69. The highest BCUT2D eigenvalue weighted by atomic mass is 16.5. The molecule has 29 heavy (non-hydrogen) atoms. The van der Waals surface area contributed by atoms with Crippen LogP contribution in [0, 0.1) is 6.92 Å². The number of piperazine rings is 1. The van der Waals surface area contributed by atoms with E-state index in [0.29, 0.717) is 25.3 Å². The SMILES string of the molecule is Cc1cccc(N2CCN(C(=O)COc3ccc(N4CCCC4=O)cc3)CC2)c1. The molecule has 2 aromatic rings. The average Bonchev–Trinajstić information content (AvgIpc) is 3.18. The molecule has 0 bridgehead atoms. The molecule has 0 saturated carbocycles. The molecule has 2 fully saturated rings. The molecule has 2 amide bonds. The highest BCUT2D eigenvalue weighted by Crippen LogP contribution is 2.24. The van der Waals surface area contributed by atoms with Crippen molar-refractivity contribution in [2.45, 2.75) is 19.8 Å². The molecule has 152 valence electrons. The third kappa shape index (κ3) is 4.53. The van der Waals surface area contributed by atoms with Gasteiger partial charge >= 0.3 is 0 Å². The smallest absolute Gasteiger partial charge is 0.260 e. The Morgan fingerprint density at radius 3 is 2.38 bits per heavy atom. The topological polar surface area (TPSA) is 53.1 Å². The molecular formula is C23H27N3O3. The van der Waals surface area contributed by atoms with E-state index < -0.39 is 0 Å². The van der Waals surface area contributed by atoms with Gasteiger partial charge in [0.15, 0.2) is 6.61 Å². The van der Waals surface area contributed by atoms with Crippen LogP contribution >= 0.6 is 0 Å². The Hall–Kier alpha value is -3.02. The number of rotatable bonds is 5. The van der Waals surface area contributed by atoms with E-state index in [1.807, 2.05) is 29.2 Å². The lowest BCUT2D eigenvalue weighted by atomic mass is 10.2. The number of aryl methyl sites for hydroxylation is 1. The van der Waals surface area contributed by atoms with Crippen LogP contribution in [0.1, 0.15) is 18.4 Å². The van der Waals surface area contributed by atoms with Crippen molar-refractivity contribution in [3.05, 3.63) is 54.1 Å². The van der Waals surface area contributed by atoms with Gasteiger partial charge in [0.1, 0.15) is 5.75 Å². The number of benzene rings is 2. The first-order valence-corrected chi connectivity index (χ1v) is 10.2. The van der Waals surface area contributed by atoms with Crippen molar-refractivity contribution in [1.82, 2.24) is 4.90 Å². The number of nitrogens with zero attached hydrogens (tertiary/aromatic N) is 3. The predicted molar refractivity (Wildman–Crippen MR) is 113 cm³/mol. The van der Waals surface area contributed by atoms with Crippen molar-refractivity contribution in [3.8, 4) is 5.75 Å². The Balaban J connectivity index is 1.25. The van der Waals surface area contributed by atoms with E-state index in [4.69, 9.17) is 4.74 Å². The van der Waals surface area contributed by atoms with E-state index in [1.54, 1.807) is 4.90 Å². The highest BCUT2D eigenvalue weighted by molar-refractivity contribution is 5.95. The van der Waals surface area contributed by atoms with Gasteiger partial charge in [-0.2, -0.15) is 0 Å². The van der Waals surface area contributed by atoms with Gasteiger partial charge in [0, 0.05) is 50.5 Å². The number of amides is 2. The van der Waals surface area contributed by atoms with Gasteiger partial charge in [-0.25, -0.2) is 0 Å². The lowest BCUT2D eigenvalue weighted by Crippen LogP contribution is -2.50. The number of ether oxygens (including phenoxy) is 1. The van der Waals surface area contributed by atoms with Crippen molar-refractivity contribution in [2.24, 2.45) is 0 Å². The molecule has 2 aromatic carbocycles. The molecule has 0 spiro atoms. The number of hydrogen-bond acceptors (Lipinski definition) is 4. The second-order valence-corrected chi connectivity index (χ2v) is 7.64. The van der Waals surface area contributed by atoms with E-state index in [1.165, 1.54) is 11.3 Å². The van der Waals surface area contributed by atoms with Crippen molar-refractivity contribution in [1.29, 1.82) is 0 Å². The first-order chi connectivity index (χ1) is 14.1. The standard InChI is InChI=1S/C23H27N3O3/c1-18-4-2-5-20(16-18)24-12-14-25(15-13-24)23(28)17-29-21-9-7-19(8-10-21)26-11-3-6-22(26)27/h2,4-5,7-10,16H,3,6,11-15,17H2,1H3. The van der Waals surface area contributed by atoms with Crippen LogP contribution < -0.4 is 14.5 Å². The zero-order chi connectivity index (χ0) is 20.2. The van der Waals surface area contributed by atoms with E-state index in [2.05, 4.69) is 36.1 Å². The van der Waals surface area contributed by atoms with Crippen LogP contribution in [0.5, 0.6) is 5.75 Å². The molecule has 4 rings (SSSR count). The second kappa shape index (κ2) is 8.55. The fourth-order valence-electron chi connectivity index (χ4n) is 3.92. The van der Waals surface area contributed by atoms with Crippen molar-refractivity contribution >= 4 is 23.2 Å². The van der Waals surface area contributed by atoms with Crippen molar-refractivity contribution in [2.75, 3.05) is 49.1 Å². The minimum absolute atomic E-state index is 0.00712. The lowest BCUT2D eigenvalue weighted by Gasteiger charge is -2.36. The number of anilines is 2. The van der Waals surface area contributed by atoms with Crippen LogP contribution in [0.15, 0.2) is 48.5 Å². The maximum atomic E-state index is 12.5. The summed E-state index contributed by atoms with van der Waals surface area (Å²) in [4.78, 5) is 30.3. The molecular weight excluding hydrogens is 366 g/mol. The number of carbonyl (C=O) groups excluding carboxylic acids is 2. The first kappa shape index (κ1) is 19.3. The summed E-state index contributed by atoms with van der Waals surface area (Å²) in [5.74, 6) is 0.818. The molecule has 6 nitrogen and oxygen atoms in total. The van der Waals surface area contributed by atoms with E-state index in [9.17, 15) is 9.59 Å². The molecule has 0 aliphatic carbocycles. The van der Waals surface area contributed by atoms with Crippen LogP contribution in [0.2, 0.25) is 0 Å². The first-order valence-electron chi connectivity index (χ1n) is 10.2. The van der Waals surface area contributed by atoms with Crippen LogP contribution in [-0.4, -0.2) is 56.0 Å². The Bertz CT molecular complexity index is 873. The third-order valence-electron chi connectivity index (χ3n) is 5.58. The lowest BCUT2D eigenvalue weighted by molar-refractivity contribution is -0.133. The zero-order valence-corrected chi connectivity index (χ0v) is 16.8. The van der Waals surface area contributed by atoms with Crippen LogP contribution in [0.3, 0.4) is 0 Å². The van der Waals surface area contributed by atoms with E-state index in [0.717, 1.165) is 31.7 Å². The fraction of sp³-hybridized carbons (Fsp3) is 0.391. The van der Waals surface area contributed by atoms with Gasteiger partial charge in [-0.1, -0.05) is 12.1 Å². The van der Waals surface area contributed by atoms with Crippen molar-refractivity contribution < 1.29 is 14.3 Å². The number of hydrogen-bond donors (Lipinski definition) is 0. The quantitative estimate of drug-likeness (QED) is 0.784. The van der Waals surface area contributed by atoms with Crippen LogP contribution in [-0.2, 0) is 9.59 Å². The van der Waals surface area contributed by atoms with E-state index >= 15 is 0 Å². The Morgan fingerprint density at radius 1 is 0.966 bits per heavy atom. The Morgan fingerprint density at radius 2 is 1.72 bits per heavy atom. The van der Waals surface area contributed by atoms with Gasteiger partial charge < -0.3 is 19.4 Å². The van der Waals surface area contributed by atoms with Crippen LogP contribution in [0.4, 0.5) is 11.4 Å². The predicted octanol–water partition coefficient (Wildman–Crippen LogP) is 2.85. The summed E-state index contributed by atoms with van der Waals surface area (Å²) in [5.41, 5.74) is 3.35. The largest absolute Gasteiger partial charge is 0.484 e. The molecule has 0 atom stereocenters. The monoisotopic (exact) mass is 393 g/mol. The number of carbonyl (C=O) groups is 2. The highest BCUT2D eigenvalue weighted by Gasteiger charge is 2.23. The molecule has 0 aromatic heterocycles. The summed E-state index contributed by atoms with van der Waals surface area (Å²) in [5, 5.41) is 0. The fourth-order valence-corrected chi connectivity index (χ4v) is 3.92. The summed E-state index contributed by atoms with van der Waals surface area (Å²) in [7, 11) is 0. The molecule has 0 radical (unpaired) electrons. The average molecular weight is 393 g/mol. The molecule has 0 unspecified atom stereocenters. The van der Waals surface area contributed by atoms with Crippen LogP contribution in [0.25, 0.3) is 0 Å². The minimum Gasteiger partial charge on any atom is -0.484 e. The maximum Gasteiger partial charge on any atom is 0.260 e. The summed E-state index contributed by atoms with van der Waals surface area (Å²) < 4.78 is 5.68. The normalized spacial score (nSPS) is 17.0. The Labute approximate surface area is 171 Å². The van der Waals surface area contributed by atoms with Crippen molar-refractivity contribution in [3.63, 3.8) is 0 Å². The zero-order valence-electron chi connectivity index (χ0n) is 16.8. The molecule has 2 heterocycles. The van der Waals surface area contributed by atoms with Gasteiger partial charge in [-0.05, 0) is 55.3 Å². The van der Waals surface area contributed by atoms with Gasteiger partial charge in [0.25, 0.3) is 5.91 Å². The summed E-state index contributed by atoms with van der Waals surface area (Å²) in [6, 6.07) is 15.9. The van der Waals surface area contributed by atoms with Gasteiger partial charge in [-0.3, -0.25) is 9.59 Å². The third-order valence-corrected chi connectivity index (χ3v) is 5.58. The molecule has 0 N–H and O–H groups in total. The molecule has 2 saturated heterocycles. The van der Waals surface area contributed by atoms with E-state index in [-0.39, 0.29) is 18.4 Å². The summed E-state index contributed by atoms with van der Waals surface area (Å²) in [6.07, 6.45) is 1.52. The molecule has 2 aliphatic heterocycles. The maximum absolute atomic E-state index is 12.5. The van der Waals surface area contributed by atoms with Gasteiger partial charge in [0.2, 0.25) is 5.91 Å². The summed E-state index contributed by atoms with van der Waals surface area (Å²) >= 11 is 0. The molecule has 6 heteroatoms. The summed E-state index contributed by atoms with van der Waals surface area (Å²) in [6.45, 7) is 5.95. The minimum atomic E-state index is 0.00712. The van der Waals surface area contributed by atoms with Gasteiger partial charge in [-0.15, -0.1) is 0 Å².